The van der Waals surface area contributed by atoms with E-state index in [1.165, 1.54) is 12.1 Å². The lowest BCUT2D eigenvalue weighted by atomic mass is 9.96. The van der Waals surface area contributed by atoms with Crippen molar-refractivity contribution in [3.63, 3.8) is 0 Å². The Kier molecular flexibility index (Phi) is 6.09. The van der Waals surface area contributed by atoms with E-state index in [0.717, 1.165) is 0 Å². The number of carbonyl (C=O) groups is 1. The normalized spacial score (nSPS) is 17.7. The van der Waals surface area contributed by atoms with Crippen LogP contribution in [-0.4, -0.2) is 46.8 Å². The average Bonchev–Trinajstić information content (AvgIpc) is 2.54. The lowest BCUT2D eigenvalue weighted by Crippen LogP contribution is -2.42. The molecule has 0 saturated carbocycles. The Hall–Kier alpha value is -1.51. The van der Waals surface area contributed by atoms with Crippen LogP contribution >= 0.6 is 0 Å². The summed E-state index contributed by atoms with van der Waals surface area (Å²) in [6, 6.07) is 3.81. The van der Waals surface area contributed by atoms with Crippen LogP contribution in [0, 0.1) is 0 Å². The van der Waals surface area contributed by atoms with Gasteiger partial charge in [0.25, 0.3) is 5.91 Å². The molecule has 0 fully saturated rings. The molecule has 1 aliphatic rings. The number of carbonyl (C=O) groups excluding carboxylic acids is 1. The van der Waals surface area contributed by atoms with Crippen LogP contribution in [-0.2, 0) is 21.2 Å². The molecule has 1 heterocycles. The molecule has 8 heteroatoms. The molecule has 1 atom stereocenters. The predicted molar refractivity (Wildman–Crippen MR) is 83.7 cm³/mol. The van der Waals surface area contributed by atoms with E-state index in [0.29, 0.717) is 31.6 Å². The number of hydrogen-bond donors (Lipinski definition) is 2. The number of sulfonamides is 1. The van der Waals surface area contributed by atoms with Crippen molar-refractivity contribution in [2.45, 2.75) is 30.7 Å². The third-order valence-electron chi connectivity index (χ3n) is 3.59. The summed E-state index contributed by atoms with van der Waals surface area (Å²) in [4.78, 5) is 12.0. The second-order valence-electron chi connectivity index (χ2n) is 5.30. The van der Waals surface area contributed by atoms with Crippen LogP contribution < -0.4 is 10.0 Å². The van der Waals surface area contributed by atoms with E-state index >= 15 is 0 Å². The summed E-state index contributed by atoms with van der Waals surface area (Å²) in [5.74, 6) is -0.442. The van der Waals surface area contributed by atoms with Crippen LogP contribution in [0.3, 0.4) is 0 Å². The summed E-state index contributed by atoms with van der Waals surface area (Å²) in [5, 5.41) is 2.52. The van der Waals surface area contributed by atoms with Crippen LogP contribution in [0.1, 0.15) is 29.3 Å². The highest BCUT2D eigenvalue weighted by Crippen LogP contribution is 2.21. The van der Waals surface area contributed by atoms with Crippen molar-refractivity contribution in [3.05, 3.63) is 29.3 Å². The fourth-order valence-electron chi connectivity index (χ4n) is 2.39. The minimum absolute atomic E-state index is 0.0292. The van der Waals surface area contributed by atoms with E-state index in [-0.39, 0.29) is 17.0 Å². The molecule has 0 spiro atoms. The van der Waals surface area contributed by atoms with Gasteiger partial charge in [0, 0.05) is 25.3 Å². The largest absolute Gasteiger partial charge is 0.382 e. The number of halogens is 1. The molecule has 0 saturated heterocycles. The Bertz CT molecular complexity index is 663. The molecule has 1 unspecified atom stereocenters. The van der Waals surface area contributed by atoms with E-state index in [1.807, 2.05) is 6.92 Å². The van der Waals surface area contributed by atoms with Crippen LogP contribution in [0.2, 0.25) is 0 Å². The van der Waals surface area contributed by atoms with Gasteiger partial charge < -0.3 is 10.1 Å². The fourth-order valence-corrected chi connectivity index (χ4v) is 3.49. The third-order valence-corrected chi connectivity index (χ3v) is 5.04. The maximum Gasteiger partial charge on any atom is 0.251 e. The molecule has 1 amide bonds. The molecule has 0 radical (unpaired) electrons. The van der Waals surface area contributed by atoms with Gasteiger partial charge in [-0.1, -0.05) is 6.07 Å². The number of amides is 1. The monoisotopic (exact) mass is 344 g/mol. The van der Waals surface area contributed by atoms with E-state index in [4.69, 9.17) is 4.74 Å². The highest BCUT2D eigenvalue weighted by Gasteiger charge is 2.26. The first-order chi connectivity index (χ1) is 11.0. The SMILES string of the molecule is CCOCCCNS(=O)(=O)c1ccc2c(c1)C(=O)NC(CF)C2. The van der Waals surface area contributed by atoms with Crippen molar-refractivity contribution in [1.82, 2.24) is 10.0 Å². The van der Waals surface area contributed by atoms with Gasteiger partial charge in [0.05, 0.1) is 10.9 Å². The predicted octanol–water partition coefficient (Wildman–Crippen LogP) is 1.02. The summed E-state index contributed by atoms with van der Waals surface area (Å²) in [5.41, 5.74) is 0.943. The zero-order valence-corrected chi connectivity index (χ0v) is 13.8. The van der Waals surface area contributed by atoms with E-state index in [2.05, 4.69) is 10.0 Å². The zero-order valence-electron chi connectivity index (χ0n) is 13.0. The molecule has 1 aliphatic heterocycles. The summed E-state index contributed by atoms with van der Waals surface area (Å²) in [6.45, 7) is 2.56. The summed E-state index contributed by atoms with van der Waals surface area (Å²) >= 11 is 0. The molecule has 0 aliphatic carbocycles. The van der Waals surface area contributed by atoms with Crippen molar-refractivity contribution in [1.29, 1.82) is 0 Å². The fraction of sp³-hybridized carbons (Fsp3) is 0.533. The summed E-state index contributed by atoms with van der Waals surface area (Å²) in [7, 11) is -3.68. The smallest absolute Gasteiger partial charge is 0.251 e. The second-order valence-corrected chi connectivity index (χ2v) is 7.06. The molecular formula is C15H21FN2O4S. The first kappa shape index (κ1) is 17.8. The van der Waals surface area contributed by atoms with Crippen molar-refractivity contribution in [2.75, 3.05) is 26.4 Å². The first-order valence-corrected chi connectivity index (χ1v) is 9.03. The van der Waals surface area contributed by atoms with Crippen LogP contribution in [0.5, 0.6) is 0 Å². The molecular weight excluding hydrogens is 323 g/mol. The lowest BCUT2D eigenvalue weighted by Gasteiger charge is -2.23. The average molecular weight is 344 g/mol. The van der Waals surface area contributed by atoms with Gasteiger partial charge in [-0.15, -0.1) is 0 Å². The summed E-state index contributed by atoms with van der Waals surface area (Å²) in [6.07, 6.45) is 0.927. The quantitative estimate of drug-likeness (QED) is 0.690. The second kappa shape index (κ2) is 7.85. The molecule has 2 rings (SSSR count). The number of fused-ring (bicyclic) bond motifs is 1. The molecule has 1 aromatic carbocycles. The molecule has 1 aromatic rings. The molecule has 2 N–H and O–H groups in total. The number of alkyl halides is 1. The Morgan fingerprint density at radius 3 is 2.91 bits per heavy atom. The third kappa shape index (κ3) is 4.49. The van der Waals surface area contributed by atoms with Gasteiger partial charge in [0.1, 0.15) is 6.67 Å². The van der Waals surface area contributed by atoms with Crippen molar-refractivity contribution >= 4 is 15.9 Å². The number of rotatable bonds is 8. The van der Waals surface area contributed by atoms with Crippen molar-refractivity contribution in [3.8, 4) is 0 Å². The van der Waals surface area contributed by atoms with Crippen molar-refractivity contribution in [2.24, 2.45) is 0 Å². The van der Waals surface area contributed by atoms with Crippen molar-refractivity contribution < 1.29 is 22.3 Å². The first-order valence-electron chi connectivity index (χ1n) is 7.55. The minimum Gasteiger partial charge on any atom is -0.382 e. The van der Waals surface area contributed by atoms with Gasteiger partial charge in [-0.2, -0.15) is 0 Å². The lowest BCUT2D eigenvalue weighted by molar-refractivity contribution is 0.0917. The molecule has 128 valence electrons. The number of benzene rings is 1. The van der Waals surface area contributed by atoms with Gasteiger partial charge in [0.2, 0.25) is 10.0 Å². The number of ether oxygens (including phenoxy) is 1. The van der Waals surface area contributed by atoms with Gasteiger partial charge in [0.15, 0.2) is 0 Å². The number of hydrogen-bond acceptors (Lipinski definition) is 4. The maximum absolute atomic E-state index is 12.7. The van der Waals surface area contributed by atoms with Gasteiger partial charge in [-0.05, 0) is 37.5 Å². The van der Waals surface area contributed by atoms with Gasteiger partial charge in [-0.3, -0.25) is 4.79 Å². The van der Waals surface area contributed by atoms with Gasteiger partial charge in [-0.25, -0.2) is 17.5 Å². The van der Waals surface area contributed by atoms with Gasteiger partial charge >= 0.3 is 0 Å². The standard InChI is InChI=1S/C15H21FN2O4S/c1-2-22-7-3-6-17-23(20,21)13-5-4-11-8-12(10-16)18-15(19)14(11)9-13/h4-5,9,12,17H,2-3,6-8,10H2,1H3,(H,18,19). The minimum atomic E-state index is -3.68. The molecule has 0 bridgehead atoms. The zero-order chi connectivity index (χ0) is 16.9. The Morgan fingerprint density at radius 1 is 1.43 bits per heavy atom. The highest BCUT2D eigenvalue weighted by molar-refractivity contribution is 7.89. The van der Waals surface area contributed by atoms with Crippen LogP contribution in [0.4, 0.5) is 4.39 Å². The molecule has 23 heavy (non-hydrogen) atoms. The van der Waals surface area contributed by atoms with E-state index in [1.54, 1.807) is 6.07 Å². The van der Waals surface area contributed by atoms with E-state index < -0.39 is 28.6 Å². The van der Waals surface area contributed by atoms with Crippen LogP contribution in [0.25, 0.3) is 0 Å². The highest BCUT2D eigenvalue weighted by atomic mass is 32.2. The Labute approximate surface area is 135 Å². The maximum atomic E-state index is 12.7. The number of nitrogens with one attached hydrogen (secondary N) is 2. The van der Waals surface area contributed by atoms with E-state index in [9.17, 15) is 17.6 Å². The Balaban J connectivity index is 2.09. The summed E-state index contributed by atoms with van der Waals surface area (Å²) < 4.78 is 44.8. The Morgan fingerprint density at radius 2 is 2.22 bits per heavy atom. The molecule has 0 aromatic heterocycles. The topological polar surface area (TPSA) is 84.5 Å². The molecule has 6 nitrogen and oxygen atoms in total. The van der Waals surface area contributed by atoms with Crippen LogP contribution in [0.15, 0.2) is 23.1 Å².